The van der Waals surface area contributed by atoms with Crippen LogP contribution in [0.4, 0.5) is 0 Å². The van der Waals surface area contributed by atoms with E-state index in [4.69, 9.17) is 5.11 Å². The molecule has 106 valence electrons. The first-order chi connectivity index (χ1) is 8.85. The van der Waals surface area contributed by atoms with E-state index >= 15 is 0 Å². The van der Waals surface area contributed by atoms with Gasteiger partial charge in [0, 0.05) is 6.04 Å². The molecule has 19 heavy (non-hydrogen) atoms. The number of aromatic nitrogens is 4. The highest BCUT2D eigenvalue weighted by atomic mass is 32.2. The molecule has 1 saturated heterocycles. The van der Waals surface area contributed by atoms with Crippen molar-refractivity contribution in [1.82, 2.24) is 25.1 Å². The molecule has 9 nitrogen and oxygen atoms in total. The van der Waals surface area contributed by atoms with Crippen LogP contribution in [0.15, 0.2) is 0 Å². The maximum atomic E-state index is 11.5. The SMILES string of the molecule is Cn1nnc(CN(CC(=O)O)C2CCS(=O)(=O)C2)n1. The lowest BCUT2D eigenvalue weighted by molar-refractivity contribution is -0.139. The number of carboxylic acids is 1. The van der Waals surface area contributed by atoms with Crippen molar-refractivity contribution in [3.8, 4) is 0 Å². The summed E-state index contributed by atoms with van der Waals surface area (Å²) in [6.07, 6.45) is 0.440. The lowest BCUT2D eigenvalue weighted by Gasteiger charge is -2.24. The first kappa shape index (κ1) is 13.9. The highest BCUT2D eigenvalue weighted by Gasteiger charge is 2.33. The summed E-state index contributed by atoms with van der Waals surface area (Å²) in [5, 5.41) is 20.3. The zero-order chi connectivity index (χ0) is 14.0. The zero-order valence-electron chi connectivity index (χ0n) is 10.4. The third-order valence-corrected chi connectivity index (χ3v) is 4.71. The lowest BCUT2D eigenvalue weighted by Crippen LogP contribution is -2.39. The molecule has 2 heterocycles. The Labute approximate surface area is 110 Å². The molecule has 1 aromatic rings. The Balaban J connectivity index is 2.10. The molecule has 1 aliphatic heterocycles. The summed E-state index contributed by atoms with van der Waals surface area (Å²) in [5.41, 5.74) is 0. The summed E-state index contributed by atoms with van der Waals surface area (Å²) in [7, 11) is -1.45. The average Bonchev–Trinajstić information content (AvgIpc) is 2.83. The van der Waals surface area contributed by atoms with E-state index < -0.39 is 15.8 Å². The first-order valence-electron chi connectivity index (χ1n) is 5.75. The van der Waals surface area contributed by atoms with Crippen LogP contribution < -0.4 is 0 Å². The molecule has 1 aliphatic rings. The van der Waals surface area contributed by atoms with Crippen LogP contribution in [0, 0.1) is 0 Å². The number of hydrogen-bond acceptors (Lipinski definition) is 7. The van der Waals surface area contributed by atoms with E-state index in [1.807, 2.05) is 0 Å². The van der Waals surface area contributed by atoms with Crippen LogP contribution in [0.5, 0.6) is 0 Å². The zero-order valence-corrected chi connectivity index (χ0v) is 11.2. The summed E-state index contributed by atoms with van der Waals surface area (Å²) < 4.78 is 22.9. The normalized spacial score (nSPS) is 21.9. The van der Waals surface area contributed by atoms with Crippen LogP contribution in [0.2, 0.25) is 0 Å². The van der Waals surface area contributed by atoms with Crippen LogP contribution >= 0.6 is 0 Å². The number of sulfone groups is 1. The van der Waals surface area contributed by atoms with Gasteiger partial charge in [0.2, 0.25) is 0 Å². The summed E-state index contributed by atoms with van der Waals surface area (Å²) in [4.78, 5) is 13.7. The van der Waals surface area contributed by atoms with E-state index in [2.05, 4.69) is 15.4 Å². The van der Waals surface area contributed by atoms with Crippen molar-refractivity contribution in [3.63, 3.8) is 0 Å². The Morgan fingerprint density at radius 3 is 2.79 bits per heavy atom. The molecule has 0 bridgehead atoms. The molecule has 10 heteroatoms. The molecule has 0 aromatic carbocycles. The molecule has 1 atom stereocenters. The molecule has 0 spiro atoms. The quantitative estimate of drug-likeness (QED) is 0.680. The van der Waals surface area contributed by atoms with Gasteiger partial charge in [-0.1, -0.05) is 0 Å². The maximum Gasteiger partial charge on any atom is 0.317 e. The van der Waals surface area contributed by atoms with E-state index in [1.54, 1.807) is 11.9 Å². The minimum Gasteiger partial charge on any atom is -0.480 e. The van der Waals surface area contributed by atoms with Crippen molar-refractivity contribution in [2.75, 3.05) is 18.1 Å². The molecule has 1 fully saturated rings. The van der Waals surface area contributed by atoms with Gasteiger partial charge < -0.3 is 5.11 Å². The van der Waals surface area contributed by atoms with E-state index in [1.165, 1.54) is 4.80 Å². The number of carboxylic acid groups (broad SMARTS) is 1. The Kier molecular flexibility index (Phi) is 3.80. The molecule has 1 unspecified atom stereocenters. The highest BCUT2D eigenvalue weighted by molar-refractivity contribution is 7.91. The average molecular weight is 289 g/mol. The molecular weight excluding hydrogens is 274 g/mol. The van der Waals surface area contributed by atoms with Crippen LogP contribution in [0.1, 0.15) is 12.2 Å². The summed E-state index contributed by atoms with van der Waals surface area (Å²) in [5.74, 6) is -0.538. The van der Waals surface area contributed by atoms with Gasteiger partial charge in [-0.15, -0.1) is 10.2 Å². The van der Waals surface area contributed by atoms with Gasteiger partial charge in [0.15, 0.2) is 15.7 Å². The van der Waals surface area contributed by atoms with Crippen molar-refractivity contribution >= 4 is 15.8 Å². The van der Waals surface area contributed by atoms with Crippen molar-refractivity contribution < 1.29 is 18.3 Å². The van der Waals surface area contributed by atoms with E-state index in [0.717, 1.165) is 0 Å². The van der Waals surface area contributed by atoms with Gasteiger partial charge in [-0.2, -0.15) is 4.80 Å². The van der Waals surface area contributed by atoms with E-state index in [9.17, 15) is 13.2 Å². The van der Waals surface area contributed by atoms with Crippen molar-refractivity contribution in [2.45, 2.75) is 19.0 Å². The summed E-state index contributed by atoms with van der Waals surface area (Å²) in [6.45, 7) is -0.0568. The Bertz CT molecular complexity index is 569. The molecule has 0 radical (unpaired) electrons. The number of tetrazole rings is 1. The number of aryl methyl sites for hydroxylation is 1. The minimum absolute atomic E-state index is 0.0134. The second kappa shape index (κ2) is 5.21. The predicted molar refractivity (Wildman–Crippen MR) is 63.9 cm³/mol. The molecule has 1 aromatic heterocycles. The van der Waals surface area contributed by atoms with E-state index in [0.29, 0.717) is 12.2 Å². The Morgan fingerprint density at radius 1 is 1.58 bits per heavy atom. The van der Waals surface area contributed by atoms with Gasteiger partial charge in [0.05, 0.1) is 31.6 Å². The number of hydrogen-bond donors (Lipinski definition) is 1. The minimum atomic E-state index is -3.06. The third-order valence-electron chi connectivity index (χ3n) is 2.96. The topological polar surface area (TPSA) is 118 Å². The summed E-state index contributed by atoms with van der Waals surface area (Å²) in [6, 6.07) is -0.301. The molecule has 1 N–H and O–H groups in total. The Hall–Kier alpha value is -1.55. The van der Waals surface area contributed by atoms with Crippen LogP contribution in [0.25, 0.3) is 0 Å². The second-order valence-corrected chi connectivity index (χ2v) is 6.78. The fraction of sp³-hybridized carbons (Fsp3) is 0.778. The van der Waals surface area contributed by atoms with Crippen LogP contribution in [-0.2, 0) is 28.2 Å². The molecule has 2 rings (SSSR count). The van der Waals surface area contributed by atoms with Gasteiger partial charge >= 0.3 is 5.97 Å². The first-order valence-corrected chi connectivity index (χ1v) is 7.57. The monoisotopic (exact) mass is 289 g/mol. The Morgan fingerprint density at radius 2 is 2.32 bits per heavy atom. The number of nitrogens with zero attached hydrogens (tertiary/aromatic N) is 5. The second-order valence-electron chi connectivity index (χ2n) is 4.55. The smallest absolute Gasteiger partial charge is 0.317 e. The number of rotatable bonds is 5. The van der Waals surface area contributed by atoms with Gasteiger partial charge in [-0.25, -0.2) is 8.42 Å². The fourth-order valence-corrected chi connectivity index (χ4v) is 3.88. The third kappa shape index (κ3) is 3.70. The number of carbonyl (C=O) groups is 1. The molecule has 0 saturated carbocycles. The lowest BCUT2D eigenvalue weighted by atomic mass is 10.2. The van der Waals surface area contributed by atoms with Gasteiger partial charge in [-0.05, 0) is 11.6 Å². The fourth-order valence-electron chi connectivity index (χ4n) is 2.12. The molecule has 0 aliphatic carbocycles. The van der Waals surface area contributed by atoms with Crippen molar-refractivity contribution in [1.29, 1.82) is 0 Å². The van der Waals surface area contributed by atoms with Crippen molar-refractivity contribution in [3.05, 3.63) is 5.82 Å². The van der Waals surface area contributed by atoms with Crippen LogP contribution in [-0.4, -0.2) is 68.7 Å². The van der Waals surface area contributed by atoms with E-state index in [-0.39, 0.29) is 30.6 Å². The summed E-state index contributed by atoms with van der Waals surface area (Å²) >= 11 is 0. The predicted octanol–water partition coefficient (Wildman–Crippen LogP) is -1.72. The van der Waals surface area contributed by atoms with Gasteiger partial charge in [0.1, 0.15) is 0 Å². The van der Waals surface area contributed by atoms with Crippen molar-refractivity contribution in [2.24, 2.45) is 7.05 Å². The van der Waals surface area contributed by atoms with Gasteiger partial charge in [0.25, 0.3) is 0 Å². The molecule has 0 amide bonds. The standard InChI is InChI=1S/C9H15N5O4S/c1-13-11-8(10-12-13)4-14(5-9(15)16)7-2-3-19(17,18)6-7/h7H,2-6H2,1H3,(H,15,16). The molecular formula is C9H15N5O4S. The van der Waals surface area contributed by atoms with Crippen LogP contribution in [0.3, 0.4) is 0 Å². The maximum absolute atomic E-state index is 11.5. The largest absolute Gasteiger partial charge is 0.480 e. The highest BCUT2D eigenvalue weighted by Crippen LogP contribution is 2.18. The number of aliphatic carboxylic acids is 1. The van der Waals surface area contributed by atoms with Gasteiger partial charge in [-0.3, -0.25) is 9.69 Å².